The Labute approximate surface area is 128 Å². The molecule has 22 heavy (non-hydrogen) atoms. The van der Waals surface area contributed by atoms with E-state index in [1.165, 1.54) is 14.2 Å². The summed E-state index contributed by atoms with van der Waals surface area (Å²) in [5, 5.41) is 9.48. The van der Waals surface area contributed by atoms with Gasteiger partial charge in [0.25, 0.3) is 0 Å². The van der Waals surface area contributed by atoms with Crippen molar-refractivity contribution in [2.24, 2.45) is 0 Å². The van der Waals surface area contributed by atoms with Gasteiger partial charge in [0.05, 0.1) is 34.0 Å². The van der Waals surface area contributed by atoms with Crippen molar-refractivity contribution in [2.45, 2.75) is 26.1 Å². The van der Waals surface area contributed by atoms with Crippen LogP contribution in [0.15, 0.2) is 11.5 Å². The minimum atomic E-state index is -3.90. The molecule has 0 radical (unpaired) electrons. The van der Waals surface area contributed by atoms with Gasteiger partial charge in [-0.1, -0.05) is 0 Å². The molecule has 1 N–H and O–H groups in total. The Morgan fingerprint density at radius 1 is 1.23 bits per heavy atom. The standard InChI is InChI=1S/C12H21O9P/c1-5-18-22(15,19-6-2)21-8(7-13)9-10(16-3)11(17-4)12(14)20-9/h8-9,13H,5-7H2,1-4H3/t8-,9+/m0/s1. The number of phosphoric ester groups is 1. The highest BCUT2D eigenvalue weighted by molar-refractivity contribution is 7.48. The molecule has 10 heteroatoms. The van der Waals surface area contributed by atoms with Crippen LogP contribution < -0.4 is 0 Å². The van der Waals surface area contributed by atoms with Gasteiger partial charge in [0.15, 0.2) is 11.9 Å². The molecular weight excluding hydrogens is 319 g/mol. The van der Waals surface area contributed by atoms with E-state index in [9.17, 15) is 14.5 Å². The maximum absolute atomic E-state index is 12.4. The van der Waals surface area contributed by atoms with Gasteiger partial charge >= 0.3 is 13.8 Å². The fourth-order valence-corrected chi connectivity index (χ4v) is 3.19. The van der Waals surface area contributed by atoms with E-state index < -0.39 is 32.6 Å². The van der Waals surface area contributed by atoms with Crippen molar-refractivity contribution in [1.82, 2.24) is 0 Å². The Bertz CT molecular complexity index is 452. The molecule has 0 spiro atoms. The lowest BCUT2D eigenvalue weighted by Gasteiger charge is -2.25. The SMILES string of the molecule is CCOP(=O)(OCC)O[C@@H](CO)[C@H]1OC(=O)C(OC)=C1OC. The van der Waals surface area contributed by atoms with Gasteiger partial charge < -0.3 is 19.3 Å². The number of carbonyl (C=O) groups is 1. The van der Waals surface area contributed by atoms with Crippen LogP contribution in [0.25, 0.3) is 0 Å². The molecule has 9 nitrogen and oxygen atoms in total. The number of ether oxygens (including phenoxy) is 3. The molecule has 1 rings (SSSR count). The molecule has 2 atom stereocenters. The number of phosphoric acid groups is 1. The first-order valence-electron chi connectivity index (χ1n) is 6.67. The molecule has 1 heterocycles. The molecule has 0 bridgehead atoms. The van der Waals surface area contributed by atoms with E-state index in [2.05, 4.69) is 0 Å². The average molecular weight is 340 g/mol. The van der Waals surface area contributed by atoms with Crippen molar-refractivity contribution < 1.29 is 42.2 Å². The molecular formula is C12H21O9P. The largest absolute Gasteiger partial charge is 0.493 e. The van der Waals surface area contributed by atoms with Crippen LogP contribution in [0.5, 0.6) is 0 Å². The van der Waals surface area contributed by atoms with Crippen LogP contribution >= 0.6 is 7.82 Å². The Morgan fingerprint density at radius 3 is 2.23 bits per heavy atom. The van der Waals surface area contributed by atoms with Crippen LogP contribution in [0.1, 0.15) is 13.8 Å². The second kappa shape index (κ2) is 8.50. The summed E-state index contributed by atoms with van der Waals surface area (Å²) in [6, 6.07) is 0. The van der Waals surface area contributed by atoms with Crippen LogP contribution in [-0.2, 0) is 37.1 Å². The van der Waals surface area contributed by atoms with Crippen molar-refractivity contribution in [2.75, 3.05) is 34.0 Å². The molecule has 1 aliphatic heterocycles. The molecule has 0 saturated heterocycles. The van der Waals surface area contributed by atoms with Crippen molar-refractivity contribution in [3.8, 4) is 0 Å². The molecule has 0 fully saturated rings. The van der Waals surface area contributed by atoms with Gasteiger partial charge in [-0.25, -0.2) is 9.36 Å². The normalized spacial score (nSPS) is 20.0. The van der Waals surface area contributed by atoms with Crippen molar-refractivity contribution in [1.29, 1.82) is 0 Å². The summed E-state index contributed by atoms with van der Waals surface area (Å²) in [7, 11) is -1.32. The van der Waals surface area contributed by atoms with Gasteiger partial charge in [-0.15, -0.1) is 0 Å². The zero-order valence-corrected chi connectivity index (χ0v) is 13.8. The summed E-state index contributed by atoms with van der Waals surface area (Å²) in [6.07, 6.45) is -2.32. The third kappa shape index (κ3) is 4.21. The number of carbonyl (C=O) groups excluding carboxylic acids is 1. The quantitative estimate of drug-likeness (QED) is 0.459. The predicted molar refractivity (Wildman–Crippen MR) is 73.7 cm³/mol. The van der Waals surface area contributed by atoms with Gasteiger partial charge in [0.1, 0.15) is 6.10 Å². The Morgan fingerprint density at radius 2 is 1.82 bits per heavy atom. The van der Waals surface area contributed by atoms with Gasteiger partial charge in [-0.05, 0) is 13.8 Å². The van der Waals surface area contributed by atoms with Crippen molar-refractivity contribution in [3.05, 3.63) is 11.5 Å². The van der Waals surface area contributed by atoms with Crippen LogP contribution in [-0.4, -0.2) is 57.3 Å². The molecule has 1 aliphatic rings. The number of aliphatic hydroxyl groups is 1. The van der Waals surface area contributed by atoms with Gasteiger partial charge in [0.2, 0.25) is 5.76 Å². The van der Waals surface area contributed by atoms with Crippen LogP contribution in [0.3, 0.4) is 0 Å². The number of hydrogen-bond acceptors (Lipinski definition) is 9. The molecule has 0 aromatic rings. The Hall–Kier alpha value is -1.12. The molecule has 128 valence electrons. The number of cyclic esters (lactones) is 1. The van der Waals surface area contributed by atoms with E-state index in [-0.39, 0.29) is 24.7 Å². The monoisotopic (exact) mass is 340 g/mol. The number of aliphatic hydroxyl groups excluding tert-OH is 1. The fraction of sp³-hybridized carbons (Fsp3) is 0.750. The summed E-state index contributed by atoms with van der Waals surface area (Å²) in [4.78, 5) is 11.7. The first-order chi connectivity index (χ1) is 10.5. The first kappa shape index (κ1) is 18.9. The van der Waals surface area contributed by atoms with Crippen LogP contribution in [0.2, 0.25) is 0 Å². The number of methoxy groups -OCH3 is 2. The average Bonchev–Trinajstić information content (AvgIpc) is 2.81. The lowest BCUT2D eigenvalue weighted by molar-refractivity contribution is -0.148. The number of rotatable bonds is 10. The van der Waals surface area contributed by atoms with Crippen LogP contribution in [0, 0.1) is 0 Å². The van der Waals surface area contributed by atoms with Crippen molar-refractivity contribution in [3.63, 3.8) is 0 Å². The van der Waals surface area contributed by atoms with E-state index in [1.54, 1.807) is 13.8 Å². The third-order valence-electron chi connectivity index (χ3n) is 2.68. The van der Waals surface area contributed by atoms with Crippen LogP contribution in [0.4, 0.5) is 0 Å². The summed E-state index contributed by atoms with van der Waals surface area (Å²) >= 11 is 0. The highest BCUT2D eigenvalue weighted by Crippen LogP contribution is 2.51. The van der Waals surface area contributed by atoms with Gasteiger partial charge in [0, 0.05) is 0 Å². The molecule has 0 aromatic heterocycles. The third-order valence-corrected chi connectivity index (χ3v) is 4.36. The summed E-state index contributed by atoms with van der Waals surface area (Å²) in [6.45, 7) is 2.78. The minimum Gasteiger partial charge on any atom is -0.493 e. The van der Waals surface area contributed by atoms with E-state index in [0.29, 0.717) is 0 Å². The molecule has 0 unspecified atom stereocenters. The second-order valence-electron chi connectivity index (χ2n) is 4.04. The minimum absolute atomic E-state index is 0.0334. The number of hydrogen-bond donors (Lipinski definition) is 1. The predicted octanol–water partition coefficient (Wildman–Crippen LogP) is 0.975. The molecule has 0 aliphatic carbocycles. The molecule has 0 saturated carbocycles. The summed E-state index contributed by atoms with van der Waals surface area (Å²) < 4.78 is 42.6. The highest BCUT2D eigenvalue weighted by atomic mass is 31.2. The van der Waals surface area contributed by atoms with E-state index in [4.69, 9.17) is 27.8 Å². The second-order valence-corrected chi connectivity index (χ2v) is 5.66. The van der Waals surface area contributed by atoms with Gasteiger partial charge in [-0.2, -0.15) is 0 Å². The summed E-state index contributed by atoms with van der Waals surface area (Å²) in [5.41, 5.74) is 0. The zero-order chi connectivity index (χ0) is 16.8. The summed E-state index contributed by atoms with van der Waals surface area (Å²) in [5.74, 6) is -0.877. The van der Waals surface area contributed by atoms with Gasteiger partial charge in [-0.3, -0.25) is 13.6 Å². The molecule has 0 amide bonds. The molecule has 0 aromatic carbocycles. The maximum Gasteiger partial charge on any atom is 0.475 e. The highest BCUT2D eigenvalue weighted by Gasteiger charge is 2.45. The Balaban J connectivity index is 2.99. The topological polar surface area (TPSA) is 110 Å². The Kier molecular flexibility index (Phi) is 7.31. The zero-order valence-electron chi connectivity index (χ0n) is 12.9. The maximum atomic E-state index is 12.4. The van der Waals surface area contributed by atoms with E-state index >= 15 is 0 Å². The number of esters is 1. The first-order valence-corrected chi connectivity index (χ1v) is 8.13. The lowest BCUT2D eigenvalue weighted by Crippen LogP contribution is -2.34. The van der Waals surface area contributed by atoms with E-state index in [1.807, 2.05) is 0 Å². The fourth-order valence-electron chi connectivity index (χ4n) is 1.85. The van der Waals surface area contributed by atoms with E-state index in [0.717, 1.165) is 0 Å². The smallest absolute Gasteiger partial charge is 0.475 e. The lowest BCUT2D eigenvalue weighted by atomic mass is 10.2. The van der Waals surface area contributed by atoms with Crippen molar-refractivity contribution >= 4 is 13.8 Å².